The molecule has 0 radical (unpaired) electrons. The second-order valence-electron chi connectivity index (χ2n) is 12.8. The summed E-state index contributed by atoms with van der Waals surface area (Å²) in [5.41, 5.74) is 10.9. The van der Waals surface area contributed by atoms with Crippen LogP contribution in [0.25, 0.3) is 110 Å². The van der Waals surface area contributed by atoms with E-state index < -0.39 is 0 Å². The van der Waals surface area contributed by atoms with Crippen LogP contribution in [-0.2, 0) is 0 Å². The van der Waals surface area contributed by atoms with Crippen molar-refractivity contribution in [3.05, 3.63) is 158 Å². The normalized spacial score (nSPS) is 12.1. The molecule has 8 aromatic carbocycles. The smallest absolute Gasteiger partial charge is 0.178 e. The summed E-state index contributed by atoms with van der Waals surface area (Å²) in [7, 11) is 0. The molecule has 0 atom stereocenters. The summed E-state index contributed by atoms with van der Waals surface area (Å²) < 4.78 is 19.5. The molecule has 0 amide bonds. The molecule has 3 aromatic heterocycles. The highest BCUT2D eigenvalue weighted by Gasteiger charge is 2.22. The number of fused-ring (bicyclic) bond motifs is 10. The minimum atomic E-state index is 0.768. The van der Waals surface area contributed by atoms with Crippen molar-refractivity contribution in [3.63, 3.8) is 0 Å². The van der Waals surface area contributed by atoms with E-state index in [2.05, 4.69) is 133 Å². The summed E-state index contributed by atoms with van der Waals surface area (Å²) in [4.78, 5) is 0. The largest absolute Gasteiger partial charge is 0.460 e. The van der Waals surface area contributed by atoms with Gasteiger partial charge in [0.2, 0.25) is 0 Å². The first-order valence-corrected chi connectivity index (χ1v) is 16.6. The Hall–Kier alpha value is -6.58. The Balaban J connectivity index is 1.19. The molecule has 11 rings (SSSR count). The standard InChI is InChI=1S/C46H26O3/c1-2-11-27(12-3-1)39-26-47-45-37(39)24-23-36-35-18-10-19-38(44(35)49-46(36)45)43-33-16-6-4-14-31(33)42(32-15-5-7-17-34(32)43)28-21-22-30-29-13-8-9-20-40(29)48-41(30)25-28/h1-26H. The van der Waals surface area contributed by atoms with Crippen LogP contribution < -0.4 is 0 Å². The van der Waals surface area contributed by atoms with Gasteiger partial charge < -0.3 is 13.3 Å². The molecule has 0 N–H and O–H groups in total. The fourth-order valence-electron chi connectivity index (χ4n) is 8.00. The third-order valence-corrected chi connectivity index (χ3v) is 10.2. The molecular weight excluding hydrogens is 601 g/mol. The van der Waals surface area contributed by atoms with Crippen LogP contribution in [0.4, 0.5) is 0 Å². The quantitative estimate of drug-likeness (QED) is 0.183. The summed E-state index contributed by atoms with van der Waals surface area (Å²) >= 11 is 0. The Morgan fingerprint density at radius 3 is 1.67 bits per heavy atom. The average Bonchev–Trinajstić information content (AvgIpc) is 3.87. The molecule has 0 spiro atoms. The van der Waals surface area contributed by atoms with Crippen molar-refractivity contribution in [1.29, 1.82) is 0 Å². The summed E-state index contributed by atoms with van der Waals surface area (Å²) in [5, 5.41) is 10.1. The number of furan rings is 3. The van der Waals surface area contributed by atoms with Crippen LogP contribution in [-0.4, -0.2) is 0 Å². The number of rotatable bonds is 3. The molecule has 0 aliphatic heterocycles. The first-order chi connectivity index (χ1) is 24.3. The Bertz CT molecular complexity index is 3040. The highest BCUT2D eigenvalue weighted by Crippen LogP contribution is 2.48. The summed E-state index contributed by atoms with van der Waals surface area (Å²) in [6.07, 6.45) is 1.84. The van der Waals surface area contributed by atoms with Gasteiger partial charge in [0.15, 0.2) is 11.2 Å². The van der Waals surface area contributed by atoms with Crippen molar-refractivity contribution in [3.8, 4) is 33.4 Å². The van der Waals surface area contributed by atoms with Crippen molar-refractivity contribution in [1.82, 2.24) is 0 Å². The van der Waals surface area contributed by atoms with Crippen LogP contribution in [0, 0.1) is 0 Å². The highest BCUT2D eigenvalue weighted by atomic mass is 16.4. The average molecular weight is 627 g/mol. The zero-order valence-electron chi connectivity index (χ0n) is 26.2. The molecule has 3 nitrogen and oxygen atoms in total. The lowest BCUT2D eigenvalue weighted by atomic mass is 9.85. The predicted molar refractivity (Wildman–Crippen MR) is 202 cm³/mol. The zero-order chi connectivity index (χ0) is 32.1. The Kier molecular flexibility index (Phi) is 5.38. The van der Waals surface area contributed by atoms with Gasteiger partial charge in [-0.1, -0.05) is 121 Å². The first kappa shape index (κ1) is 26.5. The van der Waals surface area contributed by atoms with Gasteiger partial charge in [-0.25, -0.2) is 0 Å². The van der Waals surface area contributed by atoms with Gasteiger partial charge in [-0.05, 0) is 68.6 Å². The zero-order valence-corrected chi connectivity index (χ0v) is 26.2. The van der Waals surface area contributed by atoms with Crippen molar-refractivity contribution in [2.45, 2.75) is 0 Å². The van der Waals surface area contributed by atoms with E-state index in [0.29, 0.717) is 0 Å². The van der Waals surface area contributed by atoms with Crippen LogP contribution in [0.2, 0.25) is 0 Å². The third kappa shape index (κ3) is 3.73. The van der Waals surface area contributed by atoms with Gasteiger partial charge in [-0.15, -0.1) is 0 Å². The molecule has 0 aliphatic rings. The SMILES string of the molecule is c1ccc(-c2coc3c2ccc2c4cccc(-c5c6ccccc6c(-c6ccc7c(c6)oc6ccccc67)c6ccccc56)c4oc23)cc1. The van der Waals surface area contributed by atoms with E-state index in [1.807, 2.05) is 24.5 Å². The van der Waals surface area contributed by atoms with E-state index in [9.17, 15) is 0 Å². The Labute approximate surface area is 280 Å². The van der Waals surface area contributed by atoms with Crippen LogP contribution in [0.1, 0.15) is 0 Å². The third-order valence-electron chi connectivity index (χ3n) is 10.2. The monoisotopic (exact) mass is 626 g/mol. The van der Waals surface area contributed by atoms with Gasteiger partial charge in [0.1, 0.15) is 16.7 Å². The van der Waals surface area contributed by atoms with Crippen LogP contribution in [0.5, 0.6) is 0 Å². The van der Waals surface area contributed by atoms with E-state index in [1.54, 1.807) is 0 Å². The van der Waals surface area contributed by atoms with Crippen LogP contribution >= 0.6 is 0 Å². The second kappa shape index (κ2) is 9.96. The van der Waals surface area contributed by atoms with Crippen molar-refractivity contribution in [2.75, 3.05) is 0 Å². The van der Waals surface area contributed by atoms with E-state index in [-0.39, 0.29) is 0 Å². The Morgan fingerprint density at radius 1 is 0.306 bits per heavy atom. The van der Waals surface area contributed by atoms with Gasteiger partial charge in [-0.3, -0.25) is 0 Å². The van der Waals surface area contributed by atoms with Gasteiger partial charge in [0.25, 0.3) is 0 Å². The molecule has 0 aliphatic carbocycles. The van der Waals surface area contributed by atoms with Crippen molar-refractivity contribution >= 4 is 76.4 Å². The molecular formula is C46H26O3. The van der Waals surface area contributed by atoms with E-state index in [0.717, 1.165) is 82.7 Å². The minimum Gasteiger partial charge on any atom is -0.460 e. The lowest BCUT2D eigenvalue weighted by Gasteiger charge is -2.17. The molecule has 49 heavy (non-hydrogen) atoms. The van der Waals surface area contributed by atoms with Gasteiger partial charge in [0, 0.05) is 43.6 Å². The fraction of sp³-hybridized carbons (Fsp3) is 0. The first-order valence-electron chi connectivity index (χ1n) is 16.6. The molecule has 0 unspecified atom stereocenters. The molecule has 228 valence electrons. The molecule has 0 saturated carbocycles. The summed E-state index contributed by atoms with van der Waals surface area (Å²) in [6.45, 7) is 0. The van der Waals surface area contributed by atoms with Gasteiger partial charge in [-0.2, -0.15) is 0 Å². The molecule has 3 heterocycles. The van der Waals surface area contributed by atoms with E-state index in [4.69, 9.17) is 13.3 Å². The maximum absolute atomic E-state index is 6.88. The molecule has 0 saturated heterocycles. The predicted octanol–water partition coefficient (Wildman–Crippen LogP) is 13.5. The summed E-state index contributed by atoms with van der Waals surface area (Å²) in [6, 6.07) is 53.5. The van der Waals surface area contributed by atoms with Crippen LogP contribution in [0.3, 0.4) is 0 Å². The maximum atomic E-state index is 6.88. The van der Waals surface area contributed by atoms with Crippen molar-refractivity contribution in [2.24, 2.45) is 0 Å². The topological polar surface area (TPSA) is 39.4 Å². The fourth-order valence-corrected chi connectivity index (χ4v) is 8.00. The number of benzene rings is 8. The van der Waals surface area contributed by atoms with Gasteiger partial charge >= 0.3 is 0 Å². The summed E-state index contributed by atoms with van der Waals surface area (Å²) in [5.74, 6) is 0. The molecule has 0 bridgehead atoms. The lowest BCUT2D eigenvalue weighted by Crippen LogP contribution is -1.91. The van der Waals surface area contributed by atoms with E-state index in [1.165, 1.54) is 27.1 Å². The number of hydrogen-bond donors (Lipinski definition) is 0. The maximum Gasteiger partial charge on any atom is 0.178 e. The minimum absolute atomic E-state index is 0.768. The van der Waals surface area contributed by atoms with Crippen molar-refractivity contribution < 1.29 is 13.3 Å². The molecule has 11 aromatic rings. The van der Waals surface area contributed by atoms with Crippen LogP contribution in [0.15, 0.2) is 171 Å². The van der Waals surface area contributed by atoms with Gasteiger partial charge in [0.05, 0.1) is 6.26 Å². The number of para-hydroxylation sites is 2. The Morgan fingerprint density at radius 2 is 0.898 bits per heavy atom. The lowest BCUT2D eigenvalue weighted by molar-refractivity contribution is 0.601. The molecule has 0 fully saturated rings. The second-order valence-corrected chi connectivity index (χ2v) is 12.8. The highest BCUT2D eigenvalue weighted by molar-refractivity contribution is 6.25. The van der Waals surface area contributed by atoms with E-state index >= 15 is 0 Å². The molecule has 3 heteroatoms. The number of hydrogen-bond acceptors (Lipinski definition) is 3.